The third kappa shape index (κ3) is 5.21. The van der Waals surface area contributed by atoms with Crippen molar-refractivity contribution < 1.29 is 4.74 Å². The number of pyridine rings is 2. The maximum atomic E-state index is 6.78. The quantitative estimate of drug-likeness (QED) is 0.172. The topological polar surface area (TPSA) is 44.3 Å². The van der Waals surface area contributed by atoms with E-state index in [0.29, 0.717) is 0 Å². The van der Waals surface area contributed by atoms with Crippen molar-refractivity contribution in [2.75, 3.05) is 0 Å². The molecular weight excluding hydrogens is 649 g/mol. The van der Waals surface area contributed by atoms with E-state index in [0.717, 1.165) is 50.5 Å². The highest BCUT2D eigenvalue weighted by molar-refractivity contribution is 6.15. The Bertz CT molecular complexity index is 2880. The van der Waals surface area contributed by atoms with Gasteiger partial charge in [-0.1, -0.05) is 96.1 Å². The molecule has 0 saturated heterocycles. The first-order valence-electron chi connectivity index (χ1n) is 18.5. The number of imidazole rings is 1. The van der Waals surface area contributed by atoms with Gasteiger partial charge in [-0.25, -0.2) is 9.97 Å². The largest absolute Gasteiger partial charge is 0.457 e. The average Bonchev–Trinajstić information content (AvgIpc) is 3.70. The smallest absolute Gasteiger partial charge is 0.145 e. The normalized spacial score (nSPS) is 12.5. The molecular formula is C48H44N4O. The molecule has 5 nitrogen and oxygen atoms in total. The zero-order chi connectivity index (χ0) is 36.8. The van der Waals surface area contributed by atoms with Crippen LogP contribution in [0.3, 0.4) is 0 Å². The van der Waals surface area contributed by atoms with Crippen LogP contribution >= 0.6 is 0 Å². The first kappa shape index (κ1) is 32.9. The summed E-state index contributed by atoms with van der Waals surface area (Å²) < 4.78 is 11.4. The highest BCUT2D eigenvalue weighted by atomic mass is 16.5. The number of aromatic nitrogens is 4. The highest BCUT2D eigenvalue weighted by Crippen LogP contribution is 2.45. The lowest BCUT2D eigenvalue weighted by molar-refractivity contribution is 0.484. The van der Waals surface area contributed by atoms with Gasteiger partial charge in [-0.2, -0.15) is 0 Å². The monoisotopic (exact) mass is 692 g/mol. The summed E-state index contributed by atoms with van der Waals surface area (Å²) in [6, 6.07) is 38.6. The second kappa shape index (κ2) is 11.8. The van der Waals surface area contributed by atoms with E-state index in [-0.39, 0.29) is 10.8 Å². The van der Waals surface area contributed by atoms with Crippen LogP contribution < -0.4 is 4.74 Å². The van der Waals surface area contributed by atoms with Crippen LogP contribution in [0.4, 0.5) is 0 Å². The van der Waals surface area contributed by atoms with Crippen LogP contribution in [0.5, 0.6) is 11.5 Å². The van der Waals surface area contributed by atoms with Gasteiger partial charge in [-0.15, -0.1) is 0 Å². The summed E-state index contributed by atoms with van der Waals surface area (Å²) >= 11 is 0. The summed E-state index contributed by atoms with van der Waals surface area (Å²) in [6.45, 7) is 18.3. The zero-order valence-electron chi connectivity index (χ0n) is 31.7. The lowest BCUT2D eigenvalue weighted by Crippen LogP contribution is -2.18. The summed E-state index contributed by atoms with van der Waals surface area (Å²) in [7, 11) is 0. The highest BCUT2D eigenvalue weighted by Gasteiger charge is 2.28. The summed E-state index contributed by atoms with van der Waals surface area (Å²) in [5.74, 6) is 2.40. The fourth-order valence-corrected chi connectivity index (χ4v) is 8.36. The van der Waals surface area contributed by atoms with Gasteiger partial charge in [0, 0.05) is 39.4 Å². The lowest BCUT2D eigenvalue weighted by Gasteiger charge is -2.29. The number of para-hydroxylation sites is 1. The molecule has 0 bridgehead atoms. The predicted molar refractivity (Wildman–Crippen MR) is 221 cm³/mol. The van der Waals surface area contributed by atoms with Crippen molar-refractivity contribution in [3.8, 4) is 28.6 Å². The number of ether oxygens (including phenoxy) is 1. The second-order valence-corrected chi connectivity index (χ2v) is 16.5. The third-order valence-corrected chi connectivity index (χ3v) is 10.8. The van der Waals surface area contributed by atoms with Gasteiger partial charge >= 0.3 is 0 Å². The standard InChI is InChI=1S/C48H44N4O/c1-29-14-13-15-30(2)43(29)41-28-50-46-36-26-31(20-22-35(36)44-37(47(3,4)5)23-24-38(48(6,7)8)45(44)52(41)46)53-32-19-21-34-33-16-9-10-17-39(33)51(40(34)27-32)42-18-11-12-25-49-42/h9-28H,1-8H3. The van der Waals surface area contributed by atoms with Crippen molar-refractivity contribution in [1.82, 2.24) is 18.9 Å². The molecule has 0 N–H and O–H groups in total. The second-order valence-electron chi connectivity index (χ2n) is 16.5. The first-order chi connectivity index (χ1) is 25.4. The molecule has 0 aliphatic carbocycles. The minimum absolute atomic E-state index is 0.0920. The molecule has 5 heteroatoms. The molecule has 0 spiro atoms. The molecule has 0 fully saturated rings. The molecule has 0 aliphatic heterocycles. The van der Waals surface area contributed by atoms with Crippen LogP contribution in [0.25, 0.3) is 66.2 Å². The molecule has 9 aromatic rings. The molecule has 4 aromatic heterocycles. The van der Waals surface area contributed by atoms with E-state index in [2.05, 4.69) is 162 Å². The first-order valence-corrected chi connectivity index (χ1v) is 18.5. The Balaban J connectivity index is 1.31. The number of nitrogens with zero attached hydrogens (tertiary/aromatic N) is 4. The predicted octanol–water partition coefficient (Wildman–Crippen LogP) is 12.8. The van der Waals surface area contributed by atoms with Crippen molar-refractivity contribution in [2.24, 2.45) is 0 Å². The summed E-state index contributed by atoms with van der Waals surface area (Å²) in [6.07, 6.45) is 3.91. The van der Waals surface area contributed by atoms with E-state index in [1.807, 2.05) is 24.4 Å². The number of fused-ring (bicyclic) bond motifs is 9. The van der Waals surface area contributed by atoms with E-state index in [4.69, 9.17) is 14.7 Å². The summed E-state index contributed by atoms with van der Waals surface area (Å²) in [5.41, 5.74) is 11.5. The molecule has 0 aliphatic rings. The van der Waals surface area contributed by atoms with Crippen LogP contribution in [0.2, 0.25) is 0 Å². The van der Waals surface area contributed by atoms with Gasteiger partial charge < -0.3 is 4.74 Å². The molecule has 9 rings (SSSR count). The number of hydrogen-bond donors (Lipinski definition) is 0. The van der Waals surface area contributed by atoms with Crippen LogP contribution in [-0.4, -0.2) is 18.9 Å². The molecule has 262 valence electrons. The minimum atomic E-state index is -0.100. The van der Waals surface area contributed by atoms with Crippen LogP contribution in [0.15, 0.2) is 122 Å². The number of benzene rings is 5. The molecule has 0 radical (unpaired) electrons. The van der Waals surface area contributed by atoms with Gasteiger partial charge in [0.15, 0.2) is 0 Å². The molecule has 53 heavy (non-hydrogen) atoms. The van der Waals surface area contributed by atoms with Crippen molar-refractivity contribution in [3.63, 3.8) is 0 Å². The summed E-state index contributed by atoms with van der Waals surface area (Å²) in [5, 5.41) is 5.85. The van der Waals surface area contributed by atoms with E-state index >= 15 is 0 Å². The maximum absolute atomic E-state index is 6.78. The molecule has 4 heterocycles. The molecule has 0 saturated carbocycles. The van der Waals surface area contributed by atoms with E-state index in [1.54, 1.807) is 0 Å². The van der Waals surface area contributed by atoms with Crippen molar-refractivity contribution in [1.29, 1.82) is 0 Å². The van der Waals surface area contributed by atoms with Gasteiger partial charge in [-0.3, -0.25) is 8.97 Å². The number of aryl methyl sites for hydroxylation is 2. The number of rotatable bonds is 4. The zero-order valence-corrected chi connectivity index (χ0v) is 31.7. The van der Waals surface area contributed by atoms with Crippen molar-refractivity contribution in [2.45, 2.75) is 66.2 Å². The molecule has 0 atom stereocenters. The van der Waals surface area contributed by atoms with Gasteiger partial charge in [0.2, 0.25) is 0 Å². The Kier molecular flexibility index (Phi) is 7.33. The SMILES string of the molecule is Cc1cccc(C)c1-c1cnc2c3cc(Oc4ccc5c6ccccc6n(-c6ccccn6)c5c4)ccc3c3c(C(C)(C)C)ccc(C(C)(C)C)c3n12. The van der Waals surface area contributed by atoms with Crippen LogP contribution in [0, 0.1) is 13.8 Å². The fraction of sp³-hybridized carbons (Fsp3) is 0.208. The van der Waals surface area contributed by atoms with Crippen molar-refractivity contribution in [3.05, 3.63) is 144 Å². The van der Waals surface area contributed by atoms with Crippen molar-refractivity contribution >= 4 is 49.1 Å². The van der Waals surface area contributed by atoms with E-state index in [1.165, 1.54) is 49.5 Å². The minimum Gasteiger partial charge on any atom is -0.457 e. The van der Waals surface area contributed by atoms with Gasteiger partial charge in [0.1, 0.15) is 23.0 Å². The van der Waals surface area contributed by atoms with E-state index < -0.39 is 0 Å². The van der Waals surface area contributed by atoms with Crippen LogP contribution in [-0.2, 0) is 10.8 Å². The van der Waals surface area contributed by atoms with Gasteiger partial charge in [-0.05, 0) is 101 Å². The Morgan fingerprint density at radius 1 is 0.566 bits per heavy atom. The Labute approximate surface area is 310 Å². The Hall–Kier alpha value is -5.94. The average molecular weight is 693 g/mol. The summed E-state index contributed by atoms with van der Waals surface area (Å²) in [4.78, 5) is 9.94. The lowest BCUT2D eigenvalue weighted by atomic mass is 9.78. The van der Waals surface area contributed by atoms with E-state index in [9.17, 15) is 0 Å². The fourth-order valence-electron chi connectivity index (χ4n) is 8.36. The van der Waals surface area contributed by atoms with Gasteiger partial charge in [0.05, 0.1) is 28.4 Å². The maximum Gasteiger partial charge on any atom is 0.145 e. The Morgan fingerprint density at radius 2 is 1.23 bits per heavy atom. The molecule has 0 amide bonds. The molecule has 0 unspecified atom stereocenters. The van der Waals surface area contributed by atoms with Gasteiger partial charge in [0.25, 0.3) is 0 Å². The Morgan fingerprint density at radius 3 is 1.94 bits per heavy atom. The number of hydrogen-bond acceptors (Lipinski definition) is 3. The molecule has 5 aromatic carbocycles. The third-order valence-electron chi connectivity index (χ3n) is 10.8. The van der Waals surface area contributed by atoms with Crippen LogP contribution in [0.1, 0.15) is 63.8 Å².